The fourth-order valence-electron chi connectivity index (χ4n) is 2.29. The van der Waals surface area contributed by atoms with Gasteiger partial charge in [0.15, 0.2) is 6.61 Å². The van der Waals surface area contributed by atoms with Gasteiger partial charge in [-0.05, 0) is 47.8 Å². The molecule has 24 heavy (non-hydrogen) atoms. The number of carbonyl (C=O) groups is 1. The Labute approximate surface area is 150 Å². The van der Waals surface area contributed by atoms with Gasteiger partial charge in [0, 0.05) is 6.20 Å². The van der Waals surface area contributed by atoms with Crippen LogP contribution >= 0.6 is 23.5 Å². The van der Waals surface area contributed by atoms with Crippen molar-refractivity contribution in [2.75, 3.05) is 18.1 Å². The minimum absolute atomic E-state index is 0.0130. The predicted molar refractivity (Wildman–Crippen MR) is 100 cm³/mol. The van der Waals surface area contributed by atoms with Crippen LogP contribution in [-0.2, 0) is 11.3 Å². The standard InChI is InChI=1S/C18H20N2O2S2/c21-17(20-12-15-4-1-2-9-19-15)13-22-16-7-5-14(6-8-16)18-23-10-3-11-24-18/h1-2,4-9,18H,3,10-13H2,(H,20,21). The Morgan fingerprint density at radius 2 is 1.96 bits per heavy atom. The van der Waals surface area contributed by atoms with Gasteiger partial charge in [-0.15, -0.1) is 23.5 Å². The van der Waals surface area contributed by atoms with E-state index in [1.165, 1.54) is 23.5 Å². The van der Waals surface area contributed by atoms with Crippen molar-refractivity contribution in [3.8, 4) is 5.75 Å². The molecule has 126 valence electrons. The maximum Gasteiger partial charge on any atom is 0.258 e. The van der Waals surface area contributed by atoms with Crippen LogP contribution < -0.4 is 10.1 Å². The summed E-state index contributed by atoms with van der Waals surface area (Å²) in [6.45, 7) is 0.428. The number of ether oxygens (including phenoxy) is 1. The Hall–Kier alpha value is -1.66. The van der Waals surface area contributed by atoms with Crippen molar-refractivity contribution >= 4 is 29.4 Å². The minimum Gasteiger partial charge on any atom is -0.484 e. The van der Waals surface area contributed by atoms with Crippen LogP contribution in [0.1, 0.15) is 22.3 Å². The molecule has 1 fully saturated rings. The van der Waals surface area contributed by atoms with Crippen molar-refractivity contribution in [3.63, 3.8) is 0 Å². The summed E-state index contributed by atoms with van der Waals surface area (Å²) < 4.78 is 6.08. The van der Waals surface area contributed by atoms with Gasteiger partial charge in [-0.1, -0.05) is 18.2 Å². The summed E-state index contributed by atoms with van der Waals surface area (Å²) in [5, 5.41) is 2.80. The molecule has 1 aromatic carbocycles. The van der Waals surface area contributed by atoms with Gasteiger partial charge in [0.2, 0.25) is 0 Å². The summed E-state index contributed by atoms with van der Waals surface area (Å²) in [5.74, 6) is 3.03. The van der Waals surface area contributed by atoms with Gasteiger partial charge in [0.05, 0.1) is 16.8 Å². The number of benzene rings is 1. The number of nitrogens with one attached hydrogen (secondary N) is 1. The first-order valence-electron chi connectivity index (χ1n) is 7.94. The molecule has 1 saturated heterocycles. The Kier molecular flexibility index (Phi) is 6.43. The lowest BCUT2D eigenvalue weighted by atomic mass is 10.2. The third-order valence-corrected chi connectivity index (χ3v) is 6.56. The Bertz CT molecular complexity index is 644. The summed E-state index contributed by atoms with van der Waals surface area (Å²) in [5.41, 5.74) is 2.15. The van der Waals surface area contributed by atoms with Crippen LogP contribution in [0.3, 0.4) is 0 Å². The van der Waals surface area contributed by atoms with Gasteiger partial charge in [0.1, 0.15) is 5.75 Å². The zero-order valence-corrected chi connectivity index (χ0v) is 14.9. The molecule has 0 unspecified atom stereocenters. The van der Waals surface area contributed by atoms with E-state index in [-0.39, 0.29) is 12.5 Å². The topological polar surface area (TPSA) is 51.2 Å². The molecule has 0 atom stereocenters. The number of pyridine rings is 1. The van der Waals surface area contributed by atoms with Crippen molar-refractivity contribution in [3.05, 3.63) is 59.9 Å². The predicted octanol–water partition coefficient (Wildman–Crippen LogP) is 3.65. The van der Waals surface area contributed by atoms with Crippen molar-refractivity contribution < 1.29 is 9.53 Å². The molecule has 1 aliphatic rings. The highest BCUT2D eigenvalue weighted by atomic mass is 32.2. The molecule has 4 nitrogen and oxygen atoms in total. The number of carbonyl (C=O) groups excluding carboxylic acids is 1. The van der Waals surface area contributed by atoms with Crippen LogP contribution in [0.4, 0.5) is 0 Å². The molecule has 0 spiro atoms. The average Bonchev–Trinajstić information content (AvgIpc) is 2.67. The van der Waals surface area contributed by atoms with E-state index in [0.29, 0.717) is 11.1 Å². The monoisotopic (exact) mass is 360 g/mol. The normalized spacial score (nSPS) is 15.0. The fourth-order valence-corrected chi connectivity index (χ4v) is 5.19. The quantitative estimate of drug-likeness (QED) is 0.852. The van der Waals surface area contributed by atoms with Crippen LogP contribution in [0.15, 0.2) is 48.7 Å². The molecule has 0 radical (unpaired) electrons. The molecule has 0 saturated carbocycles. The lowest BCUT2D eigenvalue weighted by Crippen LogP contribution is -2.28. The van der Waals surface area contributed by atoms with Gasteiger partial charge in [0.25, 0.3) is 5.91 Å². The molecular weight excluding hydrogens is 340 g/mol. The van der Waals surface area contributed by atoms with E-state index < -0.39 is 0 Å². The molecule has 3 rings (SSSR count). The van der Waals surface area contributed by atoms with Crippen molar-refractivity contribution in [2.45, 2.75) is 17.5 Å². The first-order chi connectivity index (χ1) is 11.8. The highest BCUT2D eigenvalue weighted by Crippen LogP contribution is 2.43. The summed E-state index contributed by atoms with van der Waals surface area (Å²) in [7, 11) is 0. The third-order valence-electron chi connectivity index (χ3n) is 3.54. The zero-order valence-electron chi connectivity index (χ0n) is 13.3. The van der Waals surface area contributed by atoms with E-state index in [1.54, 1.807) is 6.20 Å². The first kappa shape index (κ1) is 17.2. The Balaban J connectivity index is 1.43. The van der Waals surface area contributed by atoms with Crippen LogP contribution in [0, 0.1) is 0 Å². The number of amides is 1. The van der Waals surface area contributed by atoms with E-state index in [1.807, 2.05) is 53.9 Å². The van der Waals surface area contributed by atoms with E-state index in [2.05, 4.69) is 22.4 Å². The second-order valence-corrected chi connectivity index (χ2v) is 8.11. The van der Waals surface area contributed by atoms with Crippen LogP contribution in [0.2, 0.25) is 0 Å². The Morgan fingerprint density at radius 1 is 1.17 bits per heavy atom. The van der Waals surface area contributed by atoms with Gasteiger partial charge in [-0.3, -0.25) is 9.78 Å². The lowest BCUT2D eigenvalue weighted by molar-refractivity contribution is -0.123. The van der Waals surface area contributed by atoms with Crippen molar-refractivity contribution in [1.29, 1.82) is 0 Å². The summed E-state index contributed by atoms with van der Waals surface area (Å²) >= 11 is 3.99. The number of rotatable bonds is 6. The zero-order chi connectivity index (χ0) is 16.6. The maximum absolute atomic E-state index is 11.8. The number of nitrogens with zero attached hydrogens (tertiary/aromatic N) is 1. The number of hydrogen-bond acceptors (Lipinski definition) is 5. The second kappa shape index (κ2) is 8.99. The first-order valence-corrected chi connectivity index (χ1v) is 10.0. The molecular formula is C18H20N2O2S2. The summed E-state index contributed by atoms with van der Waals surface area (Å²) in [6.07, 6.45) is 3.00. The molecule has 1 aliphatic heterocycles. The van der Waals surface area contributed by atoms with E-state index in [0.717, 1.165) is 11.4 Å². The van der Waals surface area contributed by atoms with E-state index in [9.17, 15) is 4.79 Å². The smallest absolute Gasteiger partial charge is 0.258 e. The van der Waals surface area contributed by atoms with Crippen LogP contribution in [0.25, 0.3) is 0 Å². The lowest BCUT2D eigenvalue weighted by Gasteiger charge is -2.21. The third kappa shape index (κ3) is 5.18. The van der Waals surface area contributed by atoms with E-state index >= 15 is 0 Å². The SMILES string of the molecule is O=C(COc1ccc(C2SCCCS2)cc1)NCc1ccccn1. The number of aromatic nitrogens is 1. The highest BCUT2D eigenvalue weighted by Gasteiger charge is 2.16. The largest absolute Gasteiger partial charge is 0.484 e. The summed E-state index contributed by atoms with van der Waals surface area (Å²) in [4.78, 5) is 16.0. The van der Waals surface area contributed by atoms with Gasteiger partial charge >= 0.3 is 0 Å². The van der Waals surface area contributed by atoms with Crippen LogP contribution in [0.5, 0.6) is 5.75 Å². The molecule has 1 N–H and O–H groups in total. The van der Waals surface area contributed by atoms with Gasteiger partial charge < -0.3 is 10.1 Å². The van der Waals surface area contributed by atoms with Crippen molar-refractivity contribution in [2.24, 2.45) is 0 Å². The number of thioether (sulfide) groups is 2. The Morgan fingerprint density at radius 3 is 2.67 bits per heavy atom. The minimum atomic E-state index is -0.150. The van der Waals surface area contributed by atoms with Crippen LogP contribution in [-0.4, -0.2) is 29.0 Å². The van der Waals surface area contributed by atoms with E-state index in [4.69, 9.17) is 4.74 Å². The second-order valence-electron chi connectivity index (χ2n) is 5.38. The molecule has 0 bridgehead atoms. The molecule has 2 heterocycles. The maximum atomic E-state index is 11.8. The molecule has 1 amide bonds. The van der Waals surface area contributed by atoms with Crippen molar-refractivity contribution in [1.82, 2.24) is 10.3 Å². The number of hydrogen-bond donors (Lipinski definition) is 1. The molecule has 1 aromatic heterocycles. The average molecular weight is 361 g/mol. The molecule has 2 aromatic rings. The molecule has 6 heteroatoms. The molecule has 0 aliphatic carbocycles. The fraction of sp³-hybridized carbons (Fsp3) is 0.333. The van der Waals surface area contributed by atoms with Gasteiger partial charge in [-0.25, -0.2) is 0 Å². The van der Waals surface area contributed by atoms with Gasteiger partial charge in [-0.2, -0.15) is 0 Å². The summed E-state index contributed by atoms with van der Waals surface area (Å²) in [6, 6.07) is 13.7. The highest BCUT2D eigenvalue weighted by molar-refractivity contribution is 8.16.